The highest BCUT2D eigenvalue weighted by Crippen LogP contribution is 2.17. The van der Waals surface area contributed by atoms with Crippen LogP contribution in [0.5, 0.6) is 0 Å². The summed E-state index contributed by atoms with van der Waals surface area (Å²) in [6.45, 7) is 5.07. The zero-order valence-electron chi connectivity index (χ0n) is 10.7. The molecular weight excluding hydrogens is 226 g/mol. The fourth-order valence-electron chi connectivity index (χ4n) is 1.56. The Bertz CT molecular complexity index is 498. The van der Waals surface area contributed by atoms with Gasteiger partial charge in [-0.15, -0.1) is 0 Å². The van der Waals surface area contributed by atoms with Gasteiger partial charge in [0, 0.05) is 31.4 Å². The van der Waals surface area contributed by atoms with Crippen molar-refractivity contribution in [1.29, 1.82) is 0 Å². The first-order chi connectivity index (χ1) is 8.83. The molecular formula is C13H17N5. The summed E-state index contributed by atoms with van der Waals surface area (Å²) in [7, 11) is 0. The van der Waals surface area contributed by atoms with Gasteiger partial charge in [-0.3, -0.25) is 9.97 Å². The lowest BCUT2D eigenvalue weighted by Gasteiger charge is -2.08. The minimum atomic E-state index is 0.772. The van der Waals surface area contributed by atoms with Gasteiger partial charge in [0.05, 0.1) is 11.9 Å². The molecule has 2 heterocycles. The molecule has 2 aromatic heterocycles. The second kappa shape index (κ2) is 6.05. The molecule has 0 atom stereocenters. The quantitative estimate of drug-likeness (QED) is 0.873. The highest BCUT2D eigenvalue weighted by molar-refractivity contribution is 5.57. The molecule has 0 aliphatic rings. The fraction of sp³-hybridized carbons (Fsp3) is 0.385. The zero-order valence-corrected chi connectivity index (χ0v) is 10.7. The first-order valence-electron chi connectivity index (χ1n) is 6.21. The molecule has 1 N–H and O–H groups in total. The van der Waals surface area contributed by atoms with Gasteiger partial charge in [0.25, 0.3) is 0 Å². The Morgan fingerprint density at radius 3 is 2.67 bits per heavy atom. The third-order valence-corrected chi connectivity index (χ3v) is 2.47. The minimum absolute atomic E-state index is 0.772. The number of aromatic nitrogens is 4. The van der Waals surface area contributed by atoms with E-state index >= 15 is 0 Å². The smallest absolute Gasteiger partial charge is 0.131 e. The first-order valence-corrected chi connectivity index (χ1v) is 6.21. The molecule has 2 aromatic rings. The Balaban J connectivity index is 2.35. The van der Waals surface area contributed by atoms with Crippen LogP contribution < -0.4 is 5.32 Å². The van der Waals surface area contributed by atoms with Gasteiger partial charge in [0.2, 0.25) is 0 Å². The second-order valence-electron chi connectivity index (χ2n) is 3.93. The molecule has 0 fully saturated rings. The third-order valence-electron chi connectivity index (χ3n) is 2.47. The minimum Gasteiger partial charge on any atom is -0.370 e. The maximum atomic E-state index is 4.48. The molecule has 0 amide bonds. The summed E-state index contributed by atoms with van der Waals surface area (Å²) < 4.78 is 0. The van der Waals surface area contributed by atoms with E-state index in [-0.39, 0.29) is 0 Å². The van der Waals surface area contributed by atoms with Crippen molar-refractivity contribution >= 4 is 5.82 Å². The molecule has 18 heavy (non-hydrogen) atoms. The van der Waals surface area contributed by atoms with Crippen LogP contribution in [-0.4, -0.2) is 26.5 Å². The number of aryl methyl sites for hydroxylation is 1. The van der Waals surface area contributed by atoms with Crippen molar-refractivity contribution in [2.75, 3.05) is 11.9 Å². The maximum absolute atomic E-state index is 4.48. The number of nitrogens with zero attached hydrogens (tertiary/aromatic N) is 4. The lowest BCUT2D eigenvalue weighted by atomic mass is 10.3. The van der Waals surface area contributed by atoms with E-state index in [2.05, 4.69) is 32.2 Å². The van der Waals surface area contributed by atoms with Crippen LogP contribution in [0.1, 0.15) is 26.1 Å². The number of anilines is 1. The van der Waals surface area contributed by atoms with E-state index in [9.17, 15) is 0 Å². The highest BCUT2D eigenvalue weighted by atomic mass is 15.0. The maximum Gasteiger partial charge on any atom is 0.131 e. The van der Waals surface area contributed by atoms with E-state index in [4.69, 9.17) is 0 Å². The highest BCUT2D eigenvalue weighted by Gasteiger charge is 2.06. The summed E-state index contributed by atoms with van der Waals surface area (Å²) in [6, 6.07) is 1.92. The predicted molar refractivity (Wildman–Crippen MR) is 71.2 cm³/mol. The Morgan fingerprint density at radius 2 is 2.00 bits per heavy atom. The molecule has 5 heteroatoms. The number of rotatable bonds is 5. The molecule has 2 rings (SSSR count). The molecule has 0 saturated carbocycles. The number of hydrogen-bond donors (Lipinski definition) is 1. The number of nitrogens with one attached hydrogen (secondary N) is 1. The summed E-state index contributed by atoms with van der Waals surface area (Å²) in [4.78, 5) is 17.3. The summed E-state index contributed by atoms with van der Waals surface area (Å²) >= 11 is 0. The largest absolute Gasteiger partial charge is 0.370 e. The normalized spacial score (nSPS) is 10.3. The van der Waals surface area contributed by atoms with E-state index in [1.807, 2.05) is 13.0 Å². The van der Waals surface area contributed by atoms with E-state index in [0.29, 0.717) is 0 Å². The van der Waals surface area contributed by atoms with Crippen molar-refractivity contribution in [2.45, 2.75) is 26.7 Å². The van der Waals surface area contributed by atoms with Crippen LogP contribution in [0.3, 0.4) is 0 Å². The molecule has 0 aromatic carbocycles. The average Bonchev–Trinajstić information content (AvgIpc) is 2.45. The van der Waals surface area contributed by atoms with Crippen molar-refractivity contribution in [2.24, 2.45) is 0 Å². The van der Waals surface area contributed by atoms with Gasteiger partial charge in [-0.1, -0.05) is 13.8 Å². The van der Waals surface area contributed by atoms with Gasteiger partial charge in [-0.05, 0) is 6.42 Å². The van der Waals surface area contributed by atoms with Gasteiger partial charge in [-0.25, -0.2) is 9.97 Å². The number of hydrogen-bond acceptors (Lipinski definition) is 5. The van der Waals surface area contributed by atoms with Crippen molar-refractivity contribution in [3.8, 4) is 11.4 Å². The Hall–Kier alpha value is -2.04. The summed E-state index contributed by atoms with van der Waals surface area (Å²) in [5.74, 6) is 1.67. The van der Waals surface area contributed by atoms with Crippen LogP contribution in [0.4, 0.5) is 5.82 Å². The lowest BCUT2D eigenvalue weighted by molar-refractivity contribution is 0.917. The molecule has 5 nitrogen and oxygen atoms in total. The van der Waals surface area contributed by atoms with Crippen LogP contribution in [0, 0.1) is 0 Å². The Morgan fingerprint density at radius 1 is 1.11 bits per heavy atom. The van der Waals surface area contributed by atoms with Gasteiger partial charge in [0.1, 0.15) is 17.3 Å². The summed E-state index contributed by atoms with van der Waals surface area (Å²) in [5.41, 5.74) is 1.59. The van der Waals surface area contributed by atoms with Crippen LogP contribution >= 0.6 is 0 Å². The van der Waals surface area contributed by atoms with E-state index in [1.54, 1.807) is 18.6 Å². The molecule has 0 unspecified atom stereocenters. The fourth-order valence-corrected chi connectivity index (χ4v) is 1.56. The van der Waals surface area contributed by atoms with Crippen molar-refractivity contribution in [3.05, 3.63) is 30.5 Å². The predicted octanol–water partition coefficient (Wildman–Crippen LogP) is 2.32. The van der Waals surface area contributed by atoms with Crippen molar-refractivity contribution in [3.63, 3.8) is 0 Å². The van der Waals surface area contributed by atoms with E-state index < -0.39 is 0 Å². The van der Waals surface area contributed by atoms with Crippen molar-refractivity contribution in [1.82, 2.24) is 19.9 Å². The standard InChI is InChI=1S/C13H17N5/c1-3-5-16-13-8-10(17-12(4-2)18-13)11-9-14-6-7-15-11/h6-9H,3-5H2,1-2H3,(H,16,17,18). The molecule has 0 radical (unpaired) electrons. The van der Waals surface area contributed by atoms with Crippen molar-refractivity contribution < 1.29 is 0 Å². The second-order valence-corrected chi connectivity index (χ2v) is 3.93. The van der Waals surface area contributed by atoms with Gasteiger partial charge < -0.3 is 5.32 Å². The molecule has 0 spiro atoms. The molecule has 0 saturated heterocycles. The average molecular weight is 243 g/mol. The van der Waals surface area contributed by atoms with Gasteiger partial charge >= 0.3 is 0 Å². The van der Waals surface area contributed by atoms with Crippen LogP contribution in [-0.2, 0) is 6.42 Å². The van der Waals surface area contributed by atoms with E-state index in [0.717, 1.165) is 42.4 Å². The van der Waals surface area contributed by atoms with E-state index in [1.165, 1.54) is 0 Å². The van der Waals surface area contributed by atoms with Crippen LogP contribution in [0.15, 0.2) is 24.7 Å². The third kappa shape index (κ3) is 3.00. The zero-order chi connectivity index (χ0) is 12.8. The molecule has 0 bridgehead atoms. The first kappa shape index (κ1) is 12.4. The molecule has 94 valence electrons. The SMILES string of the molecule is CCCNc1cc(-c2cnccn2)nc(CC)n1. The summed E-state index contributed by atoms with van der Waals surface area (Å²) in [6.07, 6.45) is 6.90. The molecule has 0 aliphatic carbocycles. The monoisotopic (exact) mass is 243 g/mol. The van der Waals surface area contributed by atoms with Crippen LogP contribution in [0.2, 0.25) is 0 Å². The van der Waals surface area contributed by atoms with Crippen LogP contribution in [0.25, 0.3) is 11.4 Å². The Kier molecular flexibility index (Phi) is 4.17. The Labute approximate surface area is 107 Å². The molecule has 0 aliphatic heterocycles. The summed E-state index contributed by atoms with van der Waals surface area (Å²) in [5, 5.41) is 3.28. The lowest BCUT2D eigenvalue weighted by Crippen LogP contribution is -2.06. The van der Waals surface area contributed by atoms with Gasteiger partial charge in [-0.2, -0.15) is 0 Å². The van der Waals surface area contributed by atoms with Gasteiger partial charge in [0.15, 0.2) is 0 Å². The topological polar surface area (TPSA) is 63.6 Å².